The van der Waals surface area contributed by atoms with Crippen LogP contribution in [-0.2, 0) is 14.3 Å². The van der Waals surface area contributed by atoms with E-state index in [0.717, 1.165) is 0 Å². The molecule has 4 nitrogen and oxygen atoms in total. The summed E-state index contributed by atoms with van der Waals surface area (Å²) in [6.07, 6.45) is 0.985. The summed E-state index contributed by atoms with van der Waals surface area (Å²) in [5.74, 6) is -1.85. The maximum absolute atomic E-state index is 11.2. The Kier molecular flexibility index (Phi) is 6.14. The first-order valence-corrected chi connectivity index (χ1v) is 4.47. The average Bonchev–Trinajstić information content (AvgIpc) is 2.06. The number of ketones is 1. The Hall–Kier alpha value is -0.900. The van der Waals surface area contributed by atoms with Gasteiger partial charge in [-0.3, -0.25) is 9.59 Å². The molecule has 0 heterocycles. The number of esters is 1. The Labute approximate surface area is 77.9 Å². The van der Waals surface area contributed by atoms with E-state index in [1.165, 1.54) is 0 Å². The minimum atomic E-state index is -0.986. The lowest BCUT2D eigenvalue weighted by molar-refractivity contribution is -0.153. The van der Waals surface area contributed by atoms with E-state index in [9.17, 15) is 9.59 Å². The van der Waals surface area contributed by atoms with E-state index in [2.05, 4.69) is 4.74 Å². The summed E-state index contributed by atoms with van der Waals surface area (Å²) in [6, 6.07) is 0. The number of Topliss-reactive ketones (excluding diaryl/α,β-unsaturated/α-hetero) is 1. The largest absolute Gasteiger partial charge is 0.465 e. The lowest BCUT2D eigenvalue weighted by atomic mass is 10.0. The van der Waals surface area contributed by atoms with Gasteiger partial charge in [0.2, 0.25) is 0 Å². The normalized spacial score (nSPS) is 12.2. The minimum Gasteiger partial charge on any atom is -0.465 e. The maximum Gasteiger partial charge on any atom is 0.318 e. The molecule has 1 unspecified atom stereocenters. The number of ether oxygens (including phenoxy) is 1. The molecule has 0 radical (unpaired) electrons. The first kappa shape index (κ1) is 12.1. The van der Waals surface area contributed by atoms with E-state index in [4.69, 9.17) is 5.11 Å². The van der Waals surface area contributed by atoms with Crippen LogP contribution in [0.5, 0.6) is 0 Å². The number of aliphatic hydroxyl groups is 1. The van der Waals surface area contributed by atoms with Gasteiger partial charge >= 0.3 is 5.97 Å². The van der Waals surface area contributed by atoms with E-state index in [1.807, 2.05) is 6.92 Å². The molecule has 1 atom stereocenters. The molecule has 0 aromatic carbocycles. The molecular formula is C9H16O4. The fourth-order valence-electron chi connectivity index (χ4n) is 0.971. The van der Waals surface area contributed by atoms with Crippen molar-refractivity contribution in [3.63, 3.8) is 0 Å². The zero-order chi connectivity index (χ0) is 10.3. The summed E-state index contributed by atoms with van der Waals surface area (Å²) < 4.78 is 4.64. The molecule has 0 aromatic heterocycles. The topological polar surface area (TPSA) is 63.6 Å². The van der Waals surface area contributed by atoms with Crippen LogP contribution >= 0.6 is 0 Å². The smallest absolute Gasteiger partial charge is 0.318 e. The zero-order valence-corrected chi connectivity index (χ0v) is 8.08. The third-order valence-corrected chi connectivity index (χ3v) is 1.64. The van der Waals surface area contributed by atoms with Crippen LogP contribution in [0.2, 0.25) is 0 Å². The van der Waals surface area contributed by atoms with E-state index >= 15 is 0 Å². The highest BCUT2D eigenvalue weighted by atomic mass is 16.5. The van der Waals surface area contributed by atoms with Crippen molar-refractivity contribution in [1.82, 2.24) is 0 Å². The van der Waals surface area contributed by atoms with Gasteiger partial charge in [-0.2, -0.15) is 0 Å². The molecule has 0 saturated heterocycles. The summed E-state index contributed by atoms with van der Waals surface area (Å²) in [7, 11) is 0. The molecule has 0 bridgehead atoms. The number of aliphatic hydroxyl groups excluding tert-OH is 1. The van der Waals surface area contributed by atoms with Crippen molar-refractivity contribution in [2.45, 2.75) is 26.7 Å². The van der Waals surface area contributed by atoms with E-state index < -0.39 is 18.5 Å². The summed E-state index contributed by atoms with van der Waals surface area (Å²) in [5, 5.41) is 8.80. The van der Waals surface area contributed by atoms with Gasteiger partial charge in [-0.1, -0.05) is 6.92 Å². The second kappa shape index (κ2) is 6.60. The van der Waals surface area contributed by atoms with E-state index in [1.54, 1.807) is 6.92 Å². The van der Waals surface area contributed by atoms with Gasteiger partial charge in [0.1, 0.15) is 11.7 Å². The lowest BCUT2D eigenvalue weighted by Crippen LogP contribution is -2.29. The van der Waals surface area contributed by atoms with Crippen LogP contribution in [0.3, 0.4) is 0 Å². The lowest BCUT2D eigenvalue weighted by Gasteiger charge is -2.10. The summed E-state index contributed by atoms with van der Waals surface area (Å²) in [6.45, 7) is 3.28. The van der Waals surface area contributed by atoms with Crippen LogP contribution in [0.25, 0.3) is 0 Å². The standard InChI is InChI=1S/C9H16O4/c1-3-5-8(11)7(6-10)9(12)13-4-2/h7,10H,3-6H2,1-2H3. The predicted octanol–water partition coefficient (Wildman–Crippen LogP) is 0.527. The number of hydrogen-bond donors (Lipinski definition) is 1. The molecule has 0 aliphatic rings. The van der Waals surface area contributed by atoms with Crippen molar-refractivity contribution in [1.29, 1.82) is 0 Å². The van der Waals surface area contributed by atoms with Crippen LogP contribution in [0.1, 0.15) is 26.7 Å². The second-order valence-electron chi connectivity index (χ2n) is 2.70. The minimum absolute atomic E-state index is 0.231. The highest BCUT2D eigenvalue weighted by Crippen LogP contribution is 2.05. The third-order valence-electron chi connectivity index (χ3n) is 1.64. The number of carbonyl (C=O) groups excluding carboxylic acids is 2. The second-order valence-corrected chi connectivity index (χ2v) is 2.70. The Morgan fingerprint density at radius 3 is 2.38 bits per heavy atom. The van der Waals surface area contributed by atoms with E-state index in [0.29, 0.717) is 12.8 Å². The molecule has 0 rings (SSSR count). The van der Waals surface area contributed by atoms with Gasteiger partial charge in [-0.15, -0.1) is 0 Å². The summed E-state index contributed by atoms with van der Waals surface area (Å²) >= 11 is 0. The fourth-order valence-corrected chi connectivity index (χ4v) is 0.971. The number of carbonyl (C=O) groups is 2. The Bertz CT molecular complexity index is 158. The van der Waals surface area contributed by atoms with Gasteiger partial charge < -0.3 is 9.84 Å². The van der Waals surface area contributed by atoms with Crippen molar-refractivity contribution in [3.8, 4) is 0 Å². The molecule has 1 N–H and O–H groups in total. The quantitative estimate of drug-likeness (QED) is 0.487. The monoisotopic (exact) mass is 188 g/mol. The van der Waals surface area contributed by atoms with Crippen molar-refractivity contribution < 1.29 is 19.4 Å². The molecule has 0 aromatic rings. The SMILES string of the molecule is CCCC(=O)C(CO)C(=O)OCC. The van der Waals surface area contributed by atoms with Gasteiger partial charge in [-0.25, -0.2) is 0 Å². The van der Waals surface area contributed by atoms with Gasteiger partial charge in [0, 0.05) is 6.42 Å². The van der Waals surface area contributed by atoms with Gasteiger partial charge in [0.25, 0.3) is 0 Å². The Balaban J connectivity index is 4.15. The average molecular weight is 188 g/mol. The molecule has 0 saturated carbocycles. The van der Waals surface area contributed by atoms with Gasteiger partial charge in [0.15, 0.2) is 0 Å². The van der Waals surface area contributed by atoms with Crippen LogP contribution < -0.4 is 0 Å². The highest BCUT2D eigenvalue weighted by Gasteiger charge is 2.25. The van der Waals surface area contributed by atoms with Crippen LogP contribution in [-0.4, -0.2) is 30.1 Å². The van der Waals surface area contributed by atoms with Gasteiger partial charge in [0.05, 0.1) is 13.2 Å². The highest BCUT2D eigenvalue weighted by molar-refractivity contribution is 5.99. The van der Waals surface area contributed by atoms with Crippen molar-refractivity contribution in [2.75, 3.05) is 13.2 Å². The van der Waals surface area contributed by atoms with Crippen LogP contribution in [0.4, 0.5) is 0 Å². The molecule has 4 heteroatoms. The van der Waals surface area contributed by atoms with E-state index in [-0.39, 0.29) is 12.4 Å². The Morgan fingerprint density at radius 2 is 2.00 bits per heavy atom. The van der Waals surface area contributed by atoms with Crippen molar-refractivity contribution >= 4 is 11.8 Å². The molecule has 0 aliphatic carbocycles. The third kappa shape index (κ3) is 4.03. The first-order valence-electron chi connectivity index (χ1n) is 4.47. The van der Waals surface area contributed by atoms with Crippen LogP contribution in [0.15, 0.2) is 0 Å². The predicted molar refractivity (Wildman–Crippen MR) is 47.1 cm³/mol. The molecular weight excluding hydrogens is 172 g/mol. The summed E-state index contributed by atoms with van der Waals surface area (Å²) in [4.78, 5) is 22.3. The zero-order valence-electron chi connectivity index (χ0n) is 8.08. The molecule has 76 valence electrons. The van der Waals surface area contributed by atoms with Crippen LogP contribution in [0, 0.1) is 5.92 Å². The molecule has 0 spiro atoms. The molecule has 0 amide bonds. The first-order chi connectivity index (χ1) is 6.17. The fraction of sp³-hybridized carbons (Fsp3) is 0.778. The number of rotatable bonds is 6. The summed E-state index contributed by atoms with van der Waals surface area (Å²) in [5.41, 5.74) is 0. The number of hydrogen-bond acceptors (Lipinski definition) is 4. The van der Waals surface area contributed by atoms with Crippen molar-refractivity contribution in [3.05, 3.63) is 0 Å². The molecule has 0 fully saturated rings. The Morgan fingerprint density at radius 1 is 1.38 bits per heavy atom. The maximum atomic E-state index is 11.2. The molecule has 13 heavy (non-hydrogen) atoms. The van der Waals surface area contributed by atoms with Crippen molar-refractivity contribution in [2.24, 2.45) is 5.92 Å². The van der Waals surface area contributed by atoms with Gasteiger partial charge in [-0.05, 0) is 13.3 Å². The molecule has 0 aliphatic heterocycles.